The van der Waals surface area contributed by atoms with Crippen LogP contribution < -0.4 is 21.9 Å². The molecule has 12 nitrogen and oxygen atoms in total. The summed E-state index contributed by atoms with van der Waals surface area (Å²) in [5.41, 5.74) is 0.136. The topological polar surface area (TPSA) is 201 Å². The maximum absolute atomic E-state index is 10.4. The Labute approximate surface area is 203 Å². The lowest BCUT2D eigenvalue weighted by atomic mass is 9.99. The first kappa shape index (κ1) is 26.3. The van der Waals surface area contributed by atoms with Crippen LogP contribution in [-0.2, 0) is 4.74 Å². The molecule has 2 aromatic carbocycles. The van der Waals surface area contributed by atoms with E-state index in [1.165, 1.54) is 25.3 Å². The zero-order chi connectivity index (χ0) is 24.7. The number of aliphatic hydroxyl groups excluding tert-OH is 4. The maximum Gasteiger partial charge on any atom is 0.402 e. The second-order valence-electron chi connectivity index (χ2n) is 7.68. The molecule has 0 saturated carbocycles. The van der Waals surface area contributed by atoms with Gasteiger partial charge in [-0.2, -0.15) is 0 Å². The monoisotopic (exact) mass is 514 g/mol. The van der Waals surface area contributed by atoms with E-state index in [1.54, 1.807) is 0 Å². The molecule has 4 rings (SSSR count). The van der Waals surface area contributed by atoms with E-state index >= 15 is 0 Å². The van der Waals surface area contributed by atoms with Crippen molar-refractivity contribution in [2.75, 3.05) is 13.7 Å². The zero-order valence-corrected chi connectivity index (χ0v) is 18.8. The molecule has 1 aromatic heterocycles. The predicted molar refractivity (Wildman–Crippen MR) is 114 cm³/mol. The molecule has 3 aromatic rings. The van der Waals surface area contributed by atoms with Crippen LogP contribution in [0.1, 0.15) is 0 Å². The highest BCUT2D eigenvalue weighted by Crippen LogP contribution is 2.45. The van der Waals surface area contributed by atoms with Gasteiger partial charge in [-0.15, -0.1) is 0 Å². The van der Waals surface area contributed by atoms with Gasteiger partial charge in [0.2, 0.25) is 17.8 Å². The Bertz CT molecular complexity index is 1220. The van der Waals surface area contributed by atoms with Gasteiger partial charge in [0, 0.05) is 24.3 Å². The lowest BCUT2D eigenvalue weighted by Gasteiger charge is -2.39. The minimum absolute atomic E-state index is 0. The number of aliphatic hydroxyl groups is 4. The Morgan fingerprint density at radius 3 is 2.26 bits per heavy atom. The van der Waals surface area contributed by atoms with Crippen LogP contribution in [0, 0.1) is 0 Å². The van der Waals surface area contributed by atoms with Crippen molar-refractivity contribution in [3.63, 3.8) is 0 Å². The minimum atomic E-state index is -1.74. The van der Waals surface area contributed by atoms with Gasteiger partial charge in [-0.3, -0.25) is 0 Å². The van der Waals surface area contributed by atoms with Gasteiger partial charge in [-0.1, -0.05) is 0 Å². The van der Waals surface area contributed by atoms with Crippen molar-refractivity contribution in [1.82, 2.24) is 0 Å². The maximum atomic E-state index is 10.4. The first-order valence-corrected chi connectivity index (χ1v) is 10.0. The van der Waals surface area contributed by atoms with Crippen molar-refractivity contribution in [3.05, 3.63) is 30.3 Å². The van der Waals surface area contributed by atoms with Gasteiger partial charge in [0.05, 0.1) is 25.3 Å². The lowest BCUT2D eigenvalue weighted by molar-refractivity contribution is -0.277. The van der Waals surface area contributed by atoms with Gasteiger partial charge in [0.15, 0.2) is 11.5 Å². The third-order valence-electron chi connectivity index (χ3n) is 5.44. The fraction of sp³-hybridized carbons (Fsp3) is 0.318. The molecule has 0 unspecified atom stereocenters. The Morgan fingerprint density at radius 2 is 1.60 bits per heavy atom. The molecule has 1 aliphatic rings. The summed E-state index contributed by atoms with van der Waals surface area (Å²) in [5, 5.41) is 80.1. The number of phenolic OH excluding ortho intramolecular Hbond substituents is 4. The van der Waals surface area contributed by atoms with Gasteiger partial charge >= 0.3 is 11.3 Å². The van der Waals surface area contributed by atoms with Crippen LogP contribution in [-0.4, -0.2) is 85.3 Å². The summed E-state index contributed by atoms with van der Waals surface area (Å²) >= 11 is 0. The highest BCUT2D eigenvalue weighted by Gasteiger charge is 2.45. The molecule has 0 spiro atoms. The number of hydrogen-bond acceptors (Lipinski definition) is 11. The molecule has 0 bridgehead atoms. The van der Waals surface area contributed by atoms with Crippen molar-refractivity contribution in [3.8, 4) is 45.8 Å². The third-order valence-corrected chi connectivity index (χ3v) is 5.44. The summed E-state index contributed by atoms with van der Waals surface area (Å²) in [5.74, 6) is -2.12. The number of rotatable bonds is 5. The van der Waals surface area contributed by atoms with Crippen molar-refractivity contribution in [2.45, 2.75) is 30.7 Å². The fourth-order valence-corrected chi connectivity index (χ4v) is 3.64. The predicted octanol–water partition coefficient (Wildman–Crippen LogP) is -2.61. The second-order valence-corrected chi connectivity index (χ2v) is 7.68. The van der Waals surface area contributed by atoms with Gasteiger partial charge < -0.3 is 67.5 Å². The van der Waals surface area contributed by atoms with E-state index in [2.05, 4.69) is 0 Å². The second kappa shape index (κ2) is 10.2. The molecule has 1 fully saturated rings. The molecule has 190 valence electrons. The highest BCUT2D eigenvalue weighted by atomic mass is 35.5. The highest BCUT2D eigenvalue weighted by molar-refractivity contribution is 5.88. The zero-order valence-electron chi connectivity index (χ0n) is 18.1. The number of methoxy groups -OCH3 is 1. The number of halogens is 1. The standard InChI is InChI=1S/C22H22O12.ClH/c1-31-14-3-8(2-12(26)17(14)27)21-15(6-10-11(25)4-9(24)5-13(10)32-21)33-22-20(30)19(29)18(28)16(7-23)34-22;/h2-6,16,18-20,22-23,28-30H,7H2,1H3,(H3-,24,25,26,27);1H/t16-,18-,19+,20-,22-;/m1./s1. The quantitative estimate of drug-likeness (QED) is 0.130. The van der Waals surface area contributed by atoms with Crippen LogP contribution in [0.15, 0.2) is 34.7 Å². The van der Waals surface area contributed by atoms with E-state index in [9.17, 15) is 40.9 Å². The summed E-state index contributed by atoms with van der Waals surface area (Å²) in [6.07, 6.45) is -7.88. The average Bonchev–Trinajstić information content (AvgIpc) is 2.81. The van der Waals surface area contributed by atoms with Gasteiger partial charge in [-0.05, 0) is 0 Å². The van der Waals surface area contributed by atoms with E-state index < -0.39 is 48.8 Å². The van der Waals surface area contributed by atoms with Crippen LogP contribution in [0.3, 0.4) is 0 Å². The van der Waals surface area contributed by atoms with E-state index in [1.807, 2.05) is 0 Å². The minimum Gasteiger partial charge on any atom is -1.00 e. The largest absolute Gasteiger partial charge is 1.00 e. The number of hydrogen-bond donors (Lipinski definition) is 8. The smallest absolute Gasteiger partial charge is 0.402 e. The number of ether oxygens (including phenoxy) is 3. The molecule has 5 atom stereocenters. The Kier molecular flexibility index (Phi) is 7.65. The van der Waals surface area contributed by atoms with Crippen LogP contribution in [0.4, 0.5) is 0 Å². The number of benzene rings is 2. The Hall–Kier alpha value is -3.26. The number of aromatic hydroxyl groups is 4. The van der Waals surface area contributed by atoms with E-state index in [0.29, 0.717) is 0 Å². The molecular weight excluding hydrogens is 492 g/mol. The van der Waals surface area contributed by atoms with E-state index in [4.69, 9.17) is 18.6 Å². The summed E-state index contributed by atoms with van der Waals surface area (Å²) in [6, 6.07) is 6.01. The van der Waals surface area contributed by atoms with Gasteiger partial charge in [0.1, 0.15) is 41.3 Å². The normalized spacial score (nSPS) is 24.1. The summed E-state index contributed by atoms with van der Waals surface area (Å²) in [4.78, 5) is 0. The molecule has 1 saturated heterocycles. The van der Waals surface area contributed by atoms with Crippen LogP contribution in [0.2, 0.25) is 0 Å². The SMILES string of the molecule is COc1cc(-c2[o+]c3cc(O)cc(O)c3cc2O[C@@H]2O[C@H](CO)[C@@H](O)[C@H](O)[C@H]2O)cc(O)c1O.[Cl-]. The first-order valence-electron chi connectivity index (χ1n) is 10.0. The summed E-state index contributed by atoms with van der Waals surface area (Å²) in [7, 11) is 1.26. The van der Waals surface area contributed by atoms with Crippen LogP contribution in [0.25, 0.3) is 22.3 Å². The van der Waals surface area contributed by atoms with Crippen molar-refractivity contribution < 1.29 is 71.9 Å². The lowest BCUT2D eigenvalue weighted by Crippen LogP contribution is -3.00. The molecule has 0 aliphatic carbocycles. The van der Waals surface area contributed by atoms with Crippen LogP contribution in [0.5, 0.6) is 34.5 Å². The van der Waals surface area contributed by atoms with Crippen molar-refractivity contribution in [2.24, 2.45) is 0 Å². The number of phenols is 4. The molecule has 1 aliphatic heterocycles. The van der Waals surface area contributed by atoms with Crippen molar-refractivity contribution >= 4 is 11.0 Å². The molecule has 8 N–H and O–H groups in total. The molecule has 0 radical (unpaired) electrons. The molecule has 13 heteroatoms. The van der Waals surface area contributed by atoms with Crippen molar-refractivity contribution in [1.29, 1.82) is 0 Å². The molecule has 0 amide bonds. The van der Waals surface area contributed by atoms with E-state index in [-0.39, 0.29) is 57.7 Å². The molecule has 35 heavy (non-hydrogen) atoms. The van der Waals surface area contributed by atoms with Crippen LogP contribution >= 0.6 is 0 Å². The van der Waals surface area contributed by atoms with Gasteiger partial charge in [0.25, 0.3) is 0 Å². The Balaban J connectivity index is 0.00000342. The molecular formula is C22H23ClO12. The summed E-state index contributed by atoms with van der Waals surface area (Å²) < 4.78 is 22.0. The average molecular weight is 515 g/mol. The fourth-order valence-electron chi connectivity index (χ4n) is 3.64. The third kappa shape index (κ3) is 4.80. The summed E-state index contributed by atoms with van der Waals surface area (Å²) in [6.45, 7) is -0.678. The molecule has 2 heterocycles. The van der Waals surface area contributed by atoms with E-state index in [0.717, 1.165) is 12.1 Å². The van der Waals surface area contributed by atoms with Gasteiger partial charge in [-0.25, -0.2) is 4.42 Å². The first-order chi connectivity index (χ1) is 16.1. The number of fused-ring (bicyclic) bond motifs is 1. The Morgan fingerprint density at radius 1 is 0.886 bits per heavy atom.